The van der Waals surface area contributed by atoms with Gasteiger partial charge >= 0.3 is 0 Å². The van der Waals surface area contributed by atoms with Crippen LogP contribution in [-0.4, -0.2) is 23.4 Å². The van der Waals surface area contributed by atoms with Crippen molar-refractivity contribution in [3.63, 3.8) is 0 Å². The first kappa shape index (κ1) is 22.8. The maximum Gasteiger partial charge on any atom is 0.184 e. The molecule has 154 valence electrons. The Morgan fingerprint density at radius 2 is 1.85 bits per heavy atom. The van der Waals surface area contributed by atoms with E-state index in [1.54, 1.807) is 0 Å². The second-order valence-electron chi connectivity index (χ2n) is 9.65. The second kappa shape index (κ2) is 9.34. The van der Waals surface area contributed by atoms with Gasteiger partial charge in [0, 0.05) is 18.1 Å². The monoisotopic (exact) mass is 409 g/mol. The largest absolute Gasteiger partial charge is 0.414 e. The highest BCUT2D eigenvalue weighted by Crippen LogP contribution is 2.41. The van der Waals surface area contributed by atoms with Crippen LogP contribution >= 0.6 is 0 Å². The minimum Gasteiger partial charge on any atom is -0.414 e. The van der Waals surface area contributed by atoms with Crippen molar-refractivity contribution < 1.29 is 8.63 Å². The molecule has 1 aromatic rings. The lowest BCUT2D eigenvalue weighted by Gasteiger charge is -2.45. The molecular formula is C22H39NO2SSi. The quantitative estimate of drug-likeness (QED) is 0.549. The molecule has 0 amide bonds. The van der Waals surface area contributed by atoms with Gasteiger partial charge in [-0.2, -0.15) is 0 Å². The smallest absolute Gasteiger partial charge is 0.184 e. The summed E-state index contributed by atoms with van der Waals surface area (Å²) in [6.07, 6.45) is 4.53. The molecular weight excluding hydrogens is 370 g/mol. The van der Waals surface area contributed by atoms with Gasteiger partial charge in [-0.25, -0.2) is 8.93 Å². The number of hydrogen-bond acceptors (Lipinski definition) is 2. The molecule has 5 atom stereocenters. The summed E-state index contributed by atoms with van der Waals surface area (Å²) < 4.78 is 23.2. The fourth-order valence-corrected chi connectivity index (χ4v) is 6.78. The molecule has 0 unspecified atom stereocenters. The topological polar surface area (TPSA) is 38.3 Å². The zero-order chi connectivity index (χ0) is 20.2. The van der Waals surface area contributed by atoms with Gasteiger partial charge in [-0.05, 0) is 64.2 Å². The Morgan fingerprint density at radius 1 is 1.22 bits per heavy atom. The van der Waals surface area contributed by atoms with Crippen LogP contribution in [0.15, 0.2) is 30.3 Å². The van der Waals surface area contributed by atoms with E-state index in [-0.39, 0.29) is 16.9 Å². The van der Waals surface area contributed by atoms with E-state index in [9.17, 15) is 4.21 Å². The normalized spacial score (nSPS) is 26.6. The maximum atomic E-state index is 13.5. The molecule has 1 fully saturated rings. The molecule has 3 nitrogen and oxygen atoms in total. The summed E-state index contributed by atoms with van der Waals surface area (Å²) in [6, 6.07) is 10.5. The fourth-order valence-electron chi connectivity index (χ4n) is 4.20. The van der Waals surface area contributed by atoms with Crippen LogP contribution in [0.2, 0.25) is 19.6 Å². The molecule has 1 aliphatic carbocycles. The summed E-state index contributed by atoms with van der Waals surface area (Å²) in [4.78, 5) is 0. The number of benzene rings is 1. The van der Waals surface area contributed by atoms with Gasteiger partial charge in [-0.1, -0.05) is 50.6 Å². The number of hydrogen-bond donors (Lipinski definition) is 1. The van der Waals surface area contributed by atoms with Gasteiger partial charge in [0.2, 0.25) is 0 Å². The summed E-state index contributed by atoms with van der Waals surface area (Å²) >= 11 is 0. The molecule has 2 rings (SSSR count). The third kappa shape index (κ3) is 6.25. The first-order valence-electron chi connectivity index (χ1n) is 10.5. The summed E-state index contributed by atoms with van der Waals surface area (Å²) in [5, 5.41) is 0. The maximum absolute atomic E-state index is 13.5. The first-order valence-corrected chi connectivity index (χ1v) is 15.0. The summed E-state index contributed by atoms with van der Waals surface area (Å²) in [6.45, 7) is 15.6. The van der Waals surface area contributed by atoms with E-state index in [0.717, 1.165) is 19.3 Å². The molecule has 0 bridgehead atoms. The van der Waals surface area contributed by atoms with E-state index in [0.29, 0.717) is 11.8 Å². The molecule has 27 heavy (non-hydrogen) atoms. The molecule has 0 heterocycles. The molecule has 1 saturated carbocycles. The summed E-state index contributed by atoms with van der Waals surface area (Å²) in [5.41, 5.74) is 1.20. The molecule has 1 N–H and O–H groups in total. The standard InChI is InChI=1S/C22H39NO2SSi/c1-8-20(18-12-10-9-11-13-18)23-26(24)22(3,4)19-15-14-17(2)16-21(19)25-27(5,6)7/h9-13,17,19-21,23H,8,14-16H2,1-7H3/t17-,19-,20-,21-,26+/m1/s1. The van der Waals surface area contributed by atoms with Crippen molar-refractivity contribution in [2.45, 2.75) is 89.9 Å². The Balaban J connectivity index is 2.17. The van der Waals surface area contributed by atoms with Crippen molar-refractivity contribution in [3.8, 4) is 0 Å². The average molecular weight is 410 g/mol. The summed E-state index contributed by atoms with van der Waals surface area (Å²) in [7, 11) is -2.77. The third-order valence-electron chi connectivity index (χ3n) is 5.79. The minimum atomic E-state index is -1.64. The molecule has 0 aliphatic heterocycles. The Morgan fingerprint density at radius 3 is 2.41 bits per heavy atom. The molecule has 1 aliphatic rings. The molecule has 5 heteroatoms. The van der Waals surface area contributed by atoms with Gasteiger partial charge in [-0.3, -0.25) is 0 Å². The zero-order valence-corrected chi connectivity index (χ0v) is 20.1. The van der Waals surface area contributed by atoms with Crippen LogP contribution < -0.4 is 4.72 Å². The first-order chi connectivity index (χ1) is 12.5. The predicted octanol–water partition coefficient (Wildman–Crippen LogP) is 5.83. The molecule has 0 spiro atoms. The van der Waals surface area contributed by atoms with Gasteiger partial charge in [0.1, 0.15) is 0 Å². The Hall–Kier alpha value is -0.493. The van der Waals surface area contributed by atoms with Crippen molar-refractivity contribution >= 4 is 19.3 Å². The van der Waals surface area contributed by atoms with E-state index in [4.69, 9.17) is 4.43 Å². The van der Waals surface area contributed by atoms with Crippen molar-refractivity contribution in [1.82, 2.24) is 4.72 Å². The van der Waals surface area contributed by atoms with E-state index >= 15 is 0 Å². The van der Waals surface area contributed by atoms with Gasteiger partial charge in [-0.15, -0.1) is 0 Å². The second-order valence-corrected chi connectivity index (χ2v) is 15.9. The highest BCUT2D eigenvalue weighted by Gasteiger charge is 2.45. The SMILES string of the molecule is CC[C@@H](N[S@@](=O)C(C)(C)[C@@H]1CC[C@@H](C)C[C@H]1O[Si](C)(C)C)c1ccccc1. The molecule has 1 aromatic carbocycles. The zero-order valence-electron chi connectivity index (χ0n) is 18.2. The Labute approximate surface area is 170 Å². The van der Waals surface area contributed by atoms with Crippen LogP contribution in [0.1, 0.15) is 65.0 Å². The lowest BCUT2D eigenvalue weighted by Crippen LogP contribution is -2.52. The van der Waals surface area contributed by atoms with Crippen LogP contribution in [-0.2, 0) is 15.4 Å². The number of nitrogens with one attached hydrogen (secondary N) is 1. The highest BCUT2D eigenvalue weighted by atomic mass is 32.2. The third-order valence-corrected chi connectivity index (χ3v) is 8.56. The minimum absolute atomic E-state index is 0.116. The predicted molar refractivity (Wildman–Crippen MR) is 120 cm³/mol. The molecule has 0 radical (unpaired) electrons. The van der Waals surface area contributed by atoms with Crippen molar-refractivity contribution in [1.29, 1.82) is 0 Å². The van der Waals surface area contributed by atoms with Gasteiger partial charge in [0.05, 0.1) is 15.7 Å². The van der Waals surface area contributed by atoms with Crippen LogP contribution in [0.25, 0.3) is 0 Å². The van der Waals surface area contributed by atoms with Crippen molar-refractivity contribution in [3.05, 3.63) is 35.9 Å². The highest BCUT2D eigenvalue weighted by molar-refractivity contribution is 7.84. The van der Waals surface area contributed by atoms with Gasteiger partial charge in [0.25, 0.3) is 0 Å². The van der Waals surface area contributed by atoms with Gasteiger partial charge in [0.15, 0.2) is 8.32 Å². The molecule has 0 saturated heterocycles. The van der Waals surface area contributed by atoms with E-state index in [1.165, 1.54) is 12.0 Å². The van der Waals surface area contributed by atoms with Gasteiger partial charge < -0.3 is 4.43 Å². The van der Waals surface area contributed by atoms with E-state index in [1.807, 2.05) is 18.2 Å². The van der Waals surface area contributed by atoms with Crippen LogP contribution in [0, 0.1) is 11.8 Å². The number of rotatable bonds is 8. The average Bonchev–Trinajstić information content (AvgIpc) is 2.58. The van der Waals surface area contributed by atoms with Crippen LogP contribution in [0.5, 0.6) is 0 Å². The van der Waals surface area contributed by atoms with Crippen LogP contribution in [0.3, 0.4) is 0 Å². The lowest BCUT2D eigenvalue weighted by molar-refractivity contribution is 0.0478. The Bertz CT molecular complexity index is 614. The van der Waals surface area contributed by atoms with E-state index < -0.39 is 19.3 Å². The van der Waals surface area contributed by atoms with E-state index in [2.05, 4.69) is 64.2 Å². The van der Waals surface area contributed by atoms with Crippen molar-refractivity contribution in [2.24, 2.45) is 11.8 Å². The fraction of sp³-hybridized carbons (Fsp3) is 0.727. The Kier molecular flexibility index (Phi) is 7.88. The lowest BCUT2D eigenvalue weighted by atomic mass is 9.75. The summed E-state index contributed by atoms with van der Waals surface area (Å²) in [5.74, 6) is 1.01. The van der Waals surface area contributed by atoms with Crippen molar-refractivity contribution in [2.75, 3.05) is 0 Å². The molecule has 0 aromatic heterocycles. The van der Waals surface area contributed by atoms with Crippen LogP contribution in [0.4, 0.5) is 0 Å².